The van der Waals surface area contributed by atoms with Crippen LogP contribution in [0.5, 0.6) is 0 Å². The summed E-state index contributed by atoms with van der Waals surface area (Å²) in [6, 6.07) is 6.23. The van der Waals surface area contributed by atoms with Gasteiger partial charge in [-0.05, 0) is 37.0 Å². The quantitative estimate of drug-likeness (QED) is 0.798. The normalized spacial score (nSPS) is 19.3. The first-order chi connectivity index (χ1) is 9.63. The van der Waals surface area contributed by atoms with Crippen LogP contribution in [0, 0.1) is 11.7 Å². The van der Waals surface area contributed by atoms with Gasteiger partial charge in [-0.1, -0.05) is 6.92 Å². The van der Waals surface area contributed by atoms with Crippen molar-refractivity contribution in [2.24, 2.45) is 5.92 Å². The number of piperidine rings is 1. The number of hydrogen-bond donors (Lipinski definition) is 0. The SMILES string of the molecule is CC1CCCN(C(=O)c2cnc3cc(F)ccc3c2)C1. The average Bonchev–Trinajstić information content (AvgIpc) is 2.46. The third-order valence-electron chi connectivity index (χ3n) is 3.84. The van der Waals surface area contributed by atoms with Gasteiger partial charge in [0.15, 0.2) is 0 Å². The first kappa shape index (κ1) is 13.0. The monoisotopic (exact) mass is 272 g/mol. The molecule has 1 aliphatic rings. The van der Waals surface area contributed by atoms with Gasteiger partial charge in [-0.3, -0.25) is 9.78 Å². The molecule has 0 N–H and O–H groups in total. The standard InChI is InChI=1S/C16H17FN2O/c1-11-3-2-6-19(10-11)16(20)13-7-12-4-5-14(17)8-15(12)18-9-13/h4-5,7-9,11H,2-3,6,10H2,1H3. The number of carbonyl (C=O) groups excluding carboxylic acids is 1. The summed E-state index contributed by atoms with van der Waals surface area (Å²) in [6.45, 7) is 3.78. The summed E-state index contributed by atoms with van der Waals surface area (Å²) in [7, 11) is 0. The molecule has 2 aromatic rings. The summed E-state index contributed by atoms with van der Waals surface area (Å²) in [5, 5.41) is 0.794. The molecule has 2 heterocycles. The Bertz CT molecular complexity index is 656. The molecule has 4 heteroatoms. The van der Waals surface area contributed by atoms with E-state index in [2.05, 4.69) is 11.9 Å². The Balaban J connectivity index is 1.89. The van der Waals surface area contributed by atoms with Crippen LogP contribution >= 0.6 is 0 Å². The zero-order chi connectivity index (χ0) is 14.1. The summed E-state index contributed by atoms with van der Waals surface area (Å²) in [5.41, 5.74) is 1.16. The van der Waals surface area contributed by atoms with Gasteiger partial charge in [-0.25, -0.2) is 4.39 Å². The molecule has 1 aromatic heterocycles. The second-order valence-electron chi connectivity index (χ2n) is 5.56. The van der Waals surface area contributed by atoms with Crippen LogP contribution in [0.1, 0.15) is 30.1 Å². The van der Waals surface area contributed by atoms with Crippen molar-refractivity contribution in [2.75, 3.05) is 13.1 Å². The van der Waals surface area contributed by atoms with Gasteiger partial charge in [0.25, 0.3) is 5.91 Å². The van der Waals surface area contributed by atoms with E-state index in [4.69, 9.17) is 0 Å². The summed E-state index contributed by atoms with van der Waals surface area (Å²) in [5.74, 6) is 0.263. The number of pyridine rings is 1. The summed E-state index contributed by atoms with van der Waals surface area (Å²) >= 11 is 0. The lowest BCUT2D eigenvalue weighted by Gasteiger charge is -2.30. The minimum Gasteiger partial charge on any atom is -0.338 e. The Morgan fingerprint density at radius 3 is 3.05 bits per heavy atom. The maximum absolute atomic E-state index is 13.1. The zero-order valence-electron chi connectivity index (χ0n) is 11.5. The maximum atomic E-state index is 13.1. The van der Waals surface area contributed by atoms with E-state index in [0.717, 1.165) is 24.9 Å². The zero-order valence-corrected chi connectivity index (χ0v) is 11.5. The highest BCUT2D eigenvalue weighted by Crippen LogP contribution is 2.20. The Hall–Kier alpha value is -1.97. The number of benzene rings is 1. The predicted octanol–water partition coefficient (Wildman–Crippen LogP) is 3.25. The van der Waals surface area contributed by atoms with E-state index in [1.165, 1.54) is 18.6 Å². The molecule has 1 fully saturated rings. The Labute approximate surface area is 117 Å². The highest BCUT2D eigenvalue weighted by Gasteiger charge is 2.22. The molecule has 1 aromatic carbocycles. The van der Waals surface area contributed by atoms with E-state index in [9.17, 15) is 9.18 Å². The molecular formula is C16H17FN2O. The van der Waals surface area contributed by atoms with Crippen LogP contribution in [0.3, 0.4) is 0 Å². The van der Waals surface area contributed by atoms with Crippen molar-refractivity contribution in [3.63, 3.8) is 0 Å². The fourth-order valence-corrected chi connectivity index (χ4v) is 2.77. The molecule has 104 valence electrons. The highest BCUT2D eigenvalue weighted by atomic mass is 19.1. The molecule has 1 saturated heterocycles. The van der Waals surface area contributed by atoms with Crippen LogP contribution in [-0.4, -0.2) is 28.9 Å². The highest BCUT2D eigenvalue weighted by molar-refractivity contribution is 5.97. The van der Waals surface area contributed by atoms with E-state index in [0.29, 0.717) is 17.0 Å². The molecule has 0 spiro atoms. The molecule has 20 heavy (non-hydrogen) atoms. The minimum atomic E-state index is -0.311. The van der Waals surface area contributed by atoms with E-state index >= 15 is 0 Å². The first-order valence-electron chi connectivity index (χ1n) is 6.98. The molecular weight excluding hydrogens is 255 g/mol. The van der Waals surface area contributed by atoms with Crippen molar-refractivity contribution in [1.82, 2.24) is 9.88 Å². The van der Waals surface area contributed by atoms with Gasteiger partial charge in [-0.15, -0.1) is 0 Å². The molecule has 1 atom stereocenters. The van der Waals surface area contributed by atoms with Crippen molar-refractivity contribution < 1.29 is 9.18 Å². The predicted molar refractivity (Wildman–Crippen MR) is 76.0 cm³/mol. The number of hydrogen-bond acceptors (Lipinski definition) is 2. The minimum absolute atomic E-state index is 0.0234. The third kappa shape index (κ3) is 2.50. The van der Waals surface area contributed by atoms with Gasteiger partial charge >= 0.3 is 0 Å². The second kappa shape index (κ2) is 5.19. The van der Waals surface area contributed by atoms with Crippen LogP contribution in [0.4, 0.5) is 4.39 Å². The average molecular weight is 272 g/mol. The molecule has 0 radical (unpaired) electrons. The van der Waals surface area contributed by atoms with Crippen molar-refractivity contribution in [3.05, 3.63) is 41.8 Å². The number of rotatable bonds is 1. The van der Waals surface area contributed by atoms with Gasteiger partial charge in [0, 0.05) is 30.7 Å². The number of likely N-dealkylation sites (tertiary alicyclic amines) is 1. The molecule has 1 amide bonds. The van der Waals surface area contributed by atoms with Crippen molar-refractivity contribution >= 4 is 16.8 Å². The second-order valence-corrected chi connectivity index (χ2v) is 5.56. The van der Waals surface area contributed by atoms with E-state index in [1.54, 1.807) is 18.3 Å². The summed E-state index contributed by atoms with van der Waals surface area (Å²) in [4.78, 5) is 18.5. The molecule has 0 bridgehead atoms. The van der Waals surface area contributed by atoms with Crippen molar-refractivity contribution in [2.45, 2.75) is 19.8 Å². The van der Waals surface area contributed by atoms with Crippen molar-refractivity contribution in [3.8, 4) is 0 Å². The van der Waals surface area contributed by atoms with Crippen LogP contribution in [0.2, 0.25) is 0 Å². The Morgan fingerprint density at radius 1 is 1.40 bits per heavy atom. The lowest BCUT2D eigenvalue weighted by atomic mass is 9.99. The number of nitrogens with zero attached hydrogens (tertiary/aromatic N) is 2. The topological polar surface area (TPSA) is 33.2 Å². The largest absolute Gasteiger partial charge is 0.338 e. The number of amides is 1. The van der Waals surface area contributed by atoms with Crippen molar-refractivity contribution in [1.29, 1.82) is 0 Å². The molecule has 1 aliphatic heterocycles. The van der Waals surface area contributed by atoms with E-state index in [-0.39, 0.29) is 11.7 Å². The van der Waals surface area contributed by atoms with Gasteiger partial charge in [0.1, 0.15) is 5.82 Å². The molecule has 0 aliphatic carbocycles. The number of carbonyl (C=O) groups is 1. The molecule has 3 nitrogen and oxygen atoms in total. The number of aromatic nitrogens is 1. The third-order valence-corrected chi connectivity index (χ3v) is 3.84. The van der Waals surface area contributed by atoms with E-state index < -0.39 is 0 Å². The summed E-state index contributed by atoms with van der Waals surface area (Å²) < 4.78 is 13.1. The lowest BCUT2D eigenvalue weighted by molar-refractivity contribution is 0.0683. The molecule has 0 saturated carbocycles. The lowest BCUT2D eigenvalue weighted by Crippen LogP contribution is -2.39. The Morgan fingerprint density at radius 2 is 2.25 bits per heavy atom. The van der Waals surface area contributed by atoms with Crippen LogP contribution in [-0.2, 0) is 0 Å². The van der Waals surface area contributed by atoms with Crippen LogP contribution < -0.4 is 0 Å². The first-order valence-corrected chi connectivity index (χ1v) is 6.98. The van der Waals surface area contributed by atoms with Crippen LogP contribution in [0.15, 0.2) is 30.5 Å². The van der Waals surface area contributed by atoms with Gasteiger partial charge in [-0.2, -0.15) is 0 Å². The van der Waals surface area contributed by atoms with Gasteiger partial charge < -0.3 is 4.90 Å². The van der Waals surface area contributed by atoms with Gasteiger partial charge in [0.05, 0.1) is 11.1 Å². The molecule has 1 unspecified atom stereocenters. The van der Waals surface area contributed by atoms with Gasteiger partial charge in [0.2, 0.25) is 0 Å². The van der Waals surface area contributed by atoms with Crippen LogP contribution in [0.25, 0.3) is 10.9 Å². The fraction of sp³-hybridized carbons (Fsp3) is 0.375. The van der Waals surface area contributed by atoms with E-state index in [1.807, 2.05) is 4.90 Å². The summed E-state index contributed by atoms with van der Waals surface area (Å²) in [6.07, 6.45) is 3.78. The number of fused-ring (bicyclic) bond motifs is 1. The smallest absolute Gasteiger partial charge is 0.255 e. The Kier molecular flexibility index (Phi) is 3.38. The molecule has 3 rings (SSSR count). The maximum Gasteiger partial charge on any atom is 0.255 e. The fourth-order valence-electron chi connectivity index (χ4n) is 2.77. The number of halogens is 1.